The number of nitrogens with one attached hydrogen (secondary N) is 1. The maximum atomic E-state index is 14.0. The van der Waals surface area contributed by atoms with Crippen LogP contribution in [-0.4, -0.2) is 13.7 Å². The lowest BCUT2D eigenvalue weighted by Gasteiger charge is -2.20. The van der Waals surface area contributed by atoms with Crippen LogP contribution in [0.4, 0.5) is 11.4 Å². The SMILES string of the molecule is C=CCn1c(=O)cc(Nc2ccc(Cl)cc2)c2c(=O)n(-c3ccccc3)c(=O)n(-c3ccccc3)c21. The second-order valence-corrected chi connectivity index (χ2v) is 8.49. The van der Waals surface area contributed by atoms with Crippen molar-refractivity contribution in [2.24, 2.45) is 0 Å². The Morgan fingerprint density at radius 2 is 1.39 bits per heavy atom. The van der Waals surface area contributed by atoms with Gasteiger partial charge in [-0.1, -0.05) is 54.1 Å². The molecule has 0 saturated carbocycles. The largest absolute Gasteiger partial charge is 0.355 e. The Morgan fingerprint density at radius 1 is 0.806 bits per heavy atom. The number of para-hydroxylation sites is 2. The van der Waals surface area contributed by atoms with Crippen molar-refractivity contribution in [1.29, 1.82) is 0 Å². The molecule has 36 heavy (non-hydrogen) atoms. The van der Waals surface area contributed by atoms with E-state index in [9.17, 15) is 14.4 Å². The van der Waals surface area contributed by atoms with E-state index in [0.29, 0.717) is 22.1 Å². The van der Waals surface area contributed by atoms with E-state index in [1.165, 1.54) is 15.2 Å². The van der Waals surface area contributed by atoms with Crippen molar-refractivity contribution < 1.29 is 0 Å². The van der Waals surface area contributed by atoms with Crippen LogP contribution in [0.1, 0.15) is 0 Å². The molecule has 1 N–H and O–H groups in total. The van der Waals surface area contributed by atoms with Crippen LogP contribution in [0.25, 0.3) is 22.4 Å². The van der Waals surface area contributed by atoms with Crippen molar-refractivity contribution in [2.75, 3.05) is 5.32 Å². The van der Waals surface area contributed by atoms with E-state index in [1.54, 1.807) is 84.9 Å². The van der Waals surface area contributed by atoms with Crippen LogP contribution in [0.3, 0.4) is 0 Å². The summed E-state index contributed by atoms with van der Waals surface area (Å²) in [5.74, 6) is 0. The number of benzene rings is 3. The fourth-order valence-electron chi connectivity index (χ4n) is 4.17. The minimum atomic E-state index is -0.592. The topological polar surface area (TPSA) is 78.0 Å². The second kappa shape index (κ2) is 9.56. The fraction of sp³-hybridized carbons (Fsp3) is 0.0357. The third-order valence-corrected chi connectivity index (χ3v) is 6.01. The normalized spacial score (nSPS) is 10.9. The molecule has 7 nitrogen and oxygen atoms in total. The van der Waals surface area contributed by atoms with Gasteiger partial charge in [0.2, 0.25) is 0 Å². The molecule has 3 aromatic carbocycles. The van der Waals surface area contributed by atoms with Gasteiger partial charge in [0.05, 0.1) is 17.1 Å². The van der Waals surface area contributed by atoms with Crippen LogP contribution in [0.5, 0.6) is 0 Å². The highest BCUT2D eigenvalue weighted by molar-refractivity contribution is 6.30. The van der Waals surface area contributed by atoms with Gasteiger partial charge in [-0.05, 0) is 48.5 Å². The van der Waals surface area contributed by atoms with Crippen LogP contribution >= 0.6 is 11.6 Å². The molecule has 2 heterocycles. The van der Waals surface area contributed by atoms with Gasteiger partial charge >= 0.3 is 5.69 Å². The first-order chi connectivity index (χ1) is 17.5. The van der Waals surface area contributed by atoms with Crippen molar-refractivity contribution in [2.45, 2.75) is 6.54 Å². The molecule has 8 heteroatoms. The van der Waals surface area contributed by atoms with E-state index in [2.05, 4.69) is 11.9 Å². The number of rotatable bonds is 6. The number of hydrogen-bond donors (Lipinski definition) is 1. The minimum Gasteiger partial charge on any atom is -0.355 e. The van der Waals surface area contributed by atoms with Crippen molar-refractivity contribution in [3.05, 3.63) is 140 Å². The summed E-state index contributed by atoms with van der Waals surface area (Å²) in [7, 11) is 0. The number of halogens is 1. The first kappa shape index (κ1) is 23.1. The van der Waals surface area contributed by atoms with E-state index in [0.717, 1.165) is 4.57 Å². The van der Waals surface area contributed by atoms with Crippen molar-refractivity contribution >= 4 is 34.0 Å². The number of hydrogen-bond acceptors (Lipinski definition) is 4. The van der Waals surface area contributed by atoms with Crippen LogP contribution in [-0.2, 0) is 6.54 Å². The maximum Gasteiger partial charge on any atom is 0.341 e. The van der Waals surface area contributed by atoms with Crippen molar-refractivity contribution in [3.8, 4) is 11.4 Å². The minimum absolute atomic E-state index is 0.109. The van der Waals surface area contributed by atoms with Crippen LogP contribution in [0.15, 0.2) is 118 Å². The lowest BCUT2D eigenvalue weighted by atomic mass is 10.2. The van der Waals surface area contributed by atoms with Crippen molar-refractivity contribution in [3.63, 3.8) is 0 Å². The molecular formula is C28H21ClN4O3. The average Bonchev–Trinajstić information content (AvgIpc) is 2.89. The van der Waals surface area contributed by atoms with E-state index >= 15 is 0 Å². The summed E-state index contributed by atoms with van der Waals surface area (Å²) in [6.45, 7) is 3.86. The van der Waals surface area contributed by atoms with Gasteiger partial charge in [-0.2, -0.15) is 0 Å². The zero-order valence-corrected chi connectivity index (χ0v) is 19.9. The summed E-state index contributed by atoms with van der Waals surface area (Å²) in [5, 5.41) is 3.91. The van der Waals surface area contributed by atoms with Gasteiger partial charge in [0.25, 0.3) is 11.1 Å². The first-order valence-corrected chi connectivity index (χ1v) is 11.6. The monoisotopic (exact) mass is 496 g/mol. The predicted octanol–water partition coefficient (Wildman–Crippen LogP) is 4.89. The van der Waals surface area contributed by atoms with E-state index in [-0.39, 0.29) is 28.8 Å². The number of aromatic nitrogens is 3. The molecule has 178 valence electrons. The zero-order chi connectivity index (χ0) is 25.2. The average molecular weight is 497 g/mol. The Labute approximate surface area is 210 Å². The molecule has 0 radical (unpaired) electrons. The van der Waals surface area contributed by atoms with Gasteiger partial charge in [-0.3, -0.25) is 14.2 Å². The highest BCUT2D eigenvalue weighted by Crippen LogP contribution is 2.25. The molecule has 5 aromatic rings. The summed E-state index contributed by atoms with van der Waals surface area (Å²) in [4.78, 5) is 41.2. The first-order valence-electron chi connectivity index (χ1n) is 11.2. The van der Waals surface area contributed by atoms with Gasteiger partial charge in [-0.25, -0.2) is 13.9 Å². The summed E-state index contributed by atoms with van der Waals surface area (Å²) >= 11 is 6.03. The summed E-state index contributed by atoms with van der Waals surface area (Å²) in [6.07, 6.45) is 1.55. The Hall–Kier alpha value is -4.62. The molecule has 0 aliphatic heterocycles. The zero-order valence-electron chi connectivity index (χ0n) is 19.1. The summed E-state index contributed by atoms with van der Waals surface area (Å²) in [5.41, 5.74) is 0.471. The van der Waals surface area contributed by atoms with Gasteiger partial charge in [0.1, 0.15) is 11.0 Å². The number of pyridine rings is 1. The van der Waals surface area contributed by atoms with Crippen LogP contribution < -0.4 is 22.1 Å². The summed E-state index contributed by atoms with van der Waals surface area (Å²) < 4.78 is 3.88. The highest BCUT2D eigenvalue weighted by Gasteiger charge is 2.22. The molecule has 0 saturated heterocycles. The molecule has 0 unspecified atom stereocenters. The van der Waals surface area contributed by atoms with E-state index in [4.69, 9.17) is 11.6 Å². The predicted molar refractivity (Wildman–Crippen MR) is 144 cm³/mol. The number of fused-ring (bicyclic) bond motifs is 1. The fourth-order valence-corrected chi connectivity index (χ4v) is 4.30. The van der Waals surface area contributed by atoms with Gasteiger partial charge in [0, 0.05) is 23.3 Å². The van der Waals surface area contributed by atoms with E-state index < -0.39 is 11.2 Å². The third-order valence-electron chi connectivity index (χ3n) is 5.76. The molecule has 2 aromatic heterocycles. The molecule has 0 fully saturated rings. The Kier molecular flexibility index (Phi) is 6.14. The van der Waals surface area contributed by atoms with Crippen LogP contribution in [0.2, 0.25) is 5.02 Å². The Balaban J connectivity index is 1.98. The molecule has 0 atom stereocenters. The molecular weight excluding hydrogens is 476 g/mol. The van der Waals surface area contributed by atoms with E-state index in [1.807, 2.05) is 6.07 Å². The third kappa shape index (κ3) is 4.06. The van der Waals surface area contributed by atoms with Crippen molar-refractivity contribution in [1.82, 2.24) is 13.7 Å². The lowest BCUT2D eigenvalue weighted by Crippen LogP contribution is -2.41. The Morgan fingerprint density at radius 3 is 1.97 bits per heavy atom. The standard InChI is InChI=1S/C28H21ClN4O3/c1-2-17-31-24(34)18-23(30-20-15-13-19(29)14-16-20)25-26(31)32(21-9-5-3-6-10-21)28(36)33(27(25)35)22-11-7-4-8-12-22/h2-16,18,30H,1,17H2. The second-order valence-electron chi connectivity index (χ2n) is 8.06. The highest BCUT2D eigenvalue weighted by atomic mass is 35.5. The number of anilines is 2. The van der Waals surface area contributed by atoms with Gasteiger partial charge < -0.3 is 5.32 Å². The Bertz CT molecular complexity index is 1750. The maximum absolute atomic E-state index is 14.0. The quantitative estimate of drug-likeness (QED) is 0.340. The van der Waals surface area contributed by atoms with Gasteiger partial charge in [-0.15, -0.1) is 6.58 Å². The number of allylic oxidation sites excluding steroid dienone is 1. The molecule has 0 spiro atoms. The molecule has 0 aliphatic carbocycles. The molecule has 0 aliphatic rings. The molecule has 0 amide bonds. The smallest absolute Gasteiger partial charge is 0.341 e. The summed E-state index contributed by atoms with van der Waals surface area (Å²) in [6, 6.07) is 25.9. The molecule has 0 bridgehead atoms. The van der Waals surface area contributed by atoms with Crippen LogP contribution in [0, 0.1) is 0 Å². The number of nitrogens with zero attached hydrogens (tertiary/aromatic N) is 3. The van der Waals surface area contributed by atoms with Gasteiger partial charge in [0.15, 0.2) is 0 Å². The molecule has 5 rings (SSSR count). The lowest BCUT2D eigenvalue weighted by molar-refractivity contribution is 0.751.